The minimum absolute atomic E-state index is 0.492. The fourth-order valence-electron chi connectivity index (χ4n) is 1.24. The third-order valence-electron chi connectivity index (χ3n) is 2.14. The second-order valence-corrected chi connectivity index (χ2v) is 3.59. The van der Waals surface area contributed by atoms with Crippen molar-refractivity contribution in [3.05, 3.63) is 23.8 Å². The molecule has 84 valence electrons. The highest BCUT2D eigenvalue weighted by Gasteiger charge is 2.04. The van der Waals surface area contributed by atoms with Gasteiger partial charge in [-0.25, -0.2) is 0 Å². The molecule has 0 N–H and O–H groups in total. The van der Waals surface area contributed by atoms with Gasteiger partial charge in [0.2, 0.25) is 0 Å². The number of hydrogen-bond acceptors (Lipinski definition) is 2. The number of benzene rings is 1. The van der Waals surface area contributed by atoms with Gasteiger partial charge < -0.3 is 9.47 Å². The number of ether oxygens (including phenoxy) is 2. The van der Waals surface area contributed by atoms with Crippen LogP contribution in [0.1, 0.15) is 25.3 Å². The van der Waals surface area contributed by atoms with Crippen molar-refractivity contribution >= 4 is 11.6 Å². The molecule has 0 unspecified atom stereocenters. The molecule has 0 aliphatic rings. The van der Waals surface area contributed by atoms with Gasteiger partial charge in [0.1, 0.15) is 0 Å². The van der Waals surface area contributed by atoms with Crippen LogP contribution in [0.4, 0.5) is 0 Å². The largest absolute Gasteiger partial charge is 0.493 e. The molecule has 2 nitrogen and oxygen atoms in total. The van der Waals surface area contributed by atoms with Gasteiger partial charge in [-0.1, -0.05) is 19.4 Å². The fourth-order valence-corrected chi connectivity index (χ4v) is 1.41. The smallest absolute Gasteiger partial charge is 0.161 e. The zero-order valence-corrected chi connectivity index (χ0v) is 10.0. The Morgan fingerprint density at radius 1 is 1.27 bits per heavy atom. The lowest BCUT2D eigenvalue weighted by Crippen LogP contribution is -1.99. The summed E-state index contributed by atoms with van der Waals surface area (Å²) in [5.41, 5.74) is 1.04. The predicted octanol–water partition coefficient (Wildman–Crippen LogP) is 3.61. The van der Waals surface area contributed by atoms with Crippen molar-refractivity contribution in [3.63, 3.8) is 0 Å². The highest BCUT2D eigenvalue weighted by Crippen LogP contribution is 2.28. The first-order valence-corrected chi connectivity index (χ1v) is 5.71. The Kier molecular flexibility index (Phi) is 5.33. The van der Waals surface area contributed by atoms with Crippen molar-refractivity contribution in [1.29, 1.82) is 0 Å². The van der Waals surface area contributed by atoms with Gasteiger partial charge in [0.05, 0.1) is 13.7 Å². The van der Waals surface area contributed by atoms with E-state index in [1.54, 1.807) is 7.11 Å². The maximum absolute atomic E-state index is 5.74. The minimum atomic E-state index is 0.492. The Hall–Kier alpha value is -0.890. The molecule has 1 rings (SSSR count). The molecule has 0 saturated carbocycles. The van der Waals surface area contributed by atoms with E-state index in [1.807, 2.05) is 18.2 Å². The van der Waals surface area contributed by atoms with Gasteiger partial charge in [-0.05, 0) is 24.1 Å². The normalized spacial score (nSPS) is 10.1. The van der Waals surface area contributed by atoms with Gasteiger partial charge in [-0.3, -0.25) is 0 Å². The van der Waals surface area contributed by atoms with Crippen LogP contribution in [0.15, 0.2) is 18.2 Å². The average molecular weight is 229 g/mol. The lowest BCUT2D eigenvalue weighted by Gasteiger charge is -2.11. The quantitative estimate of drug-likeness (QED) is 0.547. The maximum Gasteiger partial charge on any atom is 0.161 e. The number of unbranched alkanes of at least 4 members (excludes halogenated alkanes) is 1. The van der Waals surface area contributed by atoms with Gasteiger partial charge in [-0.2, -0.15) is 0 Å². The molecule has 0 bridgehead atoms. The molecule has 0 radical (unpaired) electrons. The second kappa shape index (κ2) is 6.57. The molecule has 0 spiro atoms. The molecule has 0 aromatic heterocycles. The summed E-state index contributed by atoms with van der Waals surface area (Å²) >= 11 is 5.74. The molecule has 3 heteroatoms. The summed E-state index contributed by atoms with van der Waals surface area (Å²) in [5.74, 6) is 2.04. The highest BCUT2D eigenvalue weighted by molar-refractivity contribution is 6.17. The molecule has 1 aromatic carbocycles. The number of rotatable bonds is 6. The van der Waals surface area contributed by atoms with E-state index in [1.165, 1.54) is 0 Å². The monoisotopic (exact) mass is 228 g/mol. The number of methoxy groups -OCH3 is 1. The zero-order chi connectivity index (χ0) is 11.1. The average Bonchev–Trinajstić information content (AvgIpc) is 2.29. The van der Waals surface area contributed by atoms with E-state index < -0.39 is 0 Å². The topological polar surface area (TPSA) is 18.5 Å². The van der Waals surface area contributed by atoms with Crippen molar-refractivity contribution in [1.82, 2.24) is 0 Å². The first-order valence-electron chi connectivity index (χ1n) is 5.17. The van der Waals surface area contributed by atoms with Crippen LogP contribution < -0.4 is 9.47 Å². The first-order chi connectivity index (χ1) is 7.31. The minimum Gasteiger partial charge on any atom is -0.493 e. The van der Waals surface area contributed by atoms with E-state index >= 15 is 0 Å². The summed E-state index contributed by atoms with van der Waals surface area (Å²) in [4.78, 5) is 0. The Labute approximate surface area is 96.2 Å². The molecule has 15 heavy (non-hydrogen) atoms. The van der Waals surface area contributed by atoms with Gasteiger partial charge in [0.25, 0.3) is 0 Å². The summed E-state index contributed by atoms with van der Waals surface area (Å²) < 4.78 is 10.8. The van der Waals surface area contributed by atoms with Crippen LogP contribution in [0.3, 0.4) is 0 Å². The molecule has 0 amide bonds. The molecule has 0 aliphatic heterocycles. The molecule has 0 saturated heterocycles. The number of hydrogen-bond donors (Lipinski definition) is 0. The van der Waals surface area contributed by atoms with Crippen molar-refractivity contribution in [3.8, 4) is 11.5 Å². The molecular formula is C12H17ClO2. The van der Waals surface area contributed by atoms with Crippen LogP contribution in [-0.2, 0) is 5.88 Å². The van der Waals surface area contributed by atoms with Crippen molar-refractivity contribution in [2.75, 3.05) is 13.7 Å². The Morgan fingerprint density at radius 3 is 2.67 bits per heavy atom. The SMILES string of the molecule is CCCCOc1ccc(CCl)cc1OC. The van der Waals surface area contributed by atoms with E-state index in [4.69, 9.17) is 21.1 Å². The van der Waals surface area contributed by atoms with Crippen molar-refractivity contribution in [2.24, 2.45) is 0 Å². The molecule has 0 heterocycles. The molecule has 0 aliphatic carbocycles. The summed E-state index contributed by atoms with van der Waals surface area (Å²) in [6.07, 6.45) is 2.18. The third-order valence-corrected chi connectivity index (χ3v) is 2.45. The van der Waals surface area contributed by atoms with Crippen LogP contribution in [-0.4, -0.2) is 13.7 Å². The summed E-state index contributed by atoms with van der Waals surface area (Å²) in [7, 11) is 1.64. The van der Waals surface area contributed by atoms with Gasteiger partial charge in [0, 0.05) is 5.88 Å². The van der Waals surface area contributed by atoms with Gasteiger partial charge in [-0.15, -0.1) is 11.6 Å². The van der Waals surface area contributed by atoms with Gasteiger partial charge in [0.15, 0.2) is 11.5 Å². The standard InChI is InChI=1S/C12H17ClO2/c1-3-4-7-15-11-6-5-10(9-13)8-12(11)14-2/h5-6,8H,3-4,7,9H2,1-2H3. The lowest BCUT2D eigenvalue weighted by molar-refractivity contribution is 0.288. The molecule has 1 aromatic rings. The molecule has 0 atom stereocenters. The van der Waals surface area contributed by atoms with Crippen molar-refractivity contribution < 1.29 is 9.47 Å². The van der Waals surface area contributed by atoms with Crippen LogP contribution in [0.25, 0.3) is 0 Å². The van der Waals surface area contributed by atoms with Crippen LogP contribution in [0.2, 0.25) is 0 Å². The summed E-state index contributed by atoms with van der Waals surface area (Å²) in [6.45, 7) is 2.87. The maximum atomic E-state index is 5.74. The van der Waals surface area contributed by atoms with Crippen LogP contribution in [0, 0.1) is 0 Å². The first kappa shape index (κ1) is 12.2. The molecule has 0 fully saturated rings. The van der Waals surface area contributed by atoms with Crippen LogP contribution in [0.5, 0.6) is 11.5 Å². The number of alkyl halides is 1. The highest BCUT2D eigenvalue weighted by atomic mass is 35.5. The Balaban J connectivity index is 2.69. The predicted molar refractivity (Wildman–Crippen MR) is 63.0 cm³/mol. The van der Waals surface area contributed by atoms with E-state index in [0.717, 1.165) is 36.5 Å². The molecular weight excluding hydrogens is 212 g/mol. The summed E-state index contributed by atoms with van der Waals surface area (Å²) in [5, 5.41) is 0. The van der Waals surface area contributed by atoms with Crippen LogP contribution >= 0.6 is 11.6 Å². The lowest BCUT2D eigenvalue weighted by atomic mass is 10.2. The van der Waals surface area contributed by atoms with E-state index in [0.29, 0.717) is 5.88 Å². The Bertz CT molecular complexity index is 300. The van der Waals surface area contributed by atoms with Gasteiger partial charge >= 0.3 is 0 Å². The van der Waals surface area contributed by atoms with E-state index in [-0.39, 0.29) is 0 Å². The Morgan fingerprint density at radius 2 is 2.07 bits per heavy atom. The second-order valence-electron chi connectivity index (χ2n) is 3.32. The zero-order valence-electron chi connectivity index (χ0n) is 9.25. The van der Waals surface area contributed by atoms with Crippen molar-refractivity contribution in [2.45, 2.75) is 25.6 Å². The fraction of sp³-hybridized carbons (Fsp3) is 0.500. The van der Waals surface area contributed by atoms with E-state index in [2.05, 4.69) is 6.92 Å². The summed E-state index contributed by atoms with van der Waals surface area (Å²) in [6, 6.07) is 5.78. The van der Waals surface area contributed by atoms with E-state index in [9.17, 15) is 0 Å². The third kappa shape index (κ3) is 3.63. The number of halogens is 1.